The monoisotopic (exact) mass is 299 g/mol. The molecule has 0 radical (unpaired) electrons. The average Bonchev–Trinajstić information content (AvgIpc) is 2.45. The SMILES string of the molecule is CC1(NCC(O)COc2ccccc2Cl)CCOCC1. The molecule has 0 bridgehead atoms. The second-order valence-corrected chi connectivity index (χ2v) is 5.86. The lowest BCUT2D eigenvalue weighted by Gasteiger charge is -2.35. The highest BCUT2D eigenvalue weighted by molar-refractivity contribution is 6.32. The Morgan fingerprint density at radius 3 is 2.80 bits per heavy atom. The molecule has 1 fully saturated rings. The van der Waals surface area contributed by atoms with Crippen molar-refractivity contribution in [2.24, 2.45) is 0 Å². The lowest BCUT2D eigenvalue weighted by Crippen LogP contribution is -2.50. The molecule has 0 aliphatic carbocycles. The van der Waals surface area contributed by atoms with Gasteiger partial charge in [-0.05, 0) is 31.9 Å². The van der Waals surface area contributed by atoms with Gasteiger partial charge in [0.05, 0.1) is 5.02 Å². The van der Waals surface area contributed by atoms with E-state index in [1.807, 2.05) is 12.1 Å². The summed E-state index contributed by atoms with van der Waals surface area (Å²) in [4.78, 5) is 0. The van der Waals surface area contributed by atoms with Crippen LogP contribution in [0.2, 0.25) is 5.02 Å². The van der Waals surface area contributed by atoms with Crippen LogP contribution in [-0.2, 0) is 4.74 Å². The van der Waals surface area contributed by atoms with Gasteiger partial charge in [-0.1, -0.05) is 23.7 Å². The summed E-state index contributed by atoms with van der Waals surface area (Å²) >= 11 is 5.99. The van der Waals surface area contributed by atoms with E-state index in [1.165, 1.54) is 0 Å². The first kappa shape index (κ1) is 15.6. The van der Waals surface area contributed by atoms with Crippen LogP contribution < -0.4 is 10.1 Å². The summed E-state index contributed by atoms with van der Waals surface area (Å²) < 4.78 is 10.9. The van der Waals surface area contributed by atoms with Crippen LogP contribution in [0.5, 0.6) is 5.75 Å². The summed E-state index contributed by atoms with van der Waals surface area (Å²) in [5, 5.41) is 13.9. The van der Waals surface area contributed by atoms with Gasteiger partial charge in [-0.2, -0.15) is 0 Å². The van der Waals surface area contributed by atoms with Gasteiger partial charge >= 0.3 is 0 Å². The second-order valence-electron chi connectivity index (χ2n) is 5.45. The Bertz CT molecular complexity index is 421. The van der Waals surface area contributed by atoms with E-state index in [0.29, 0.717) is 17.3 Å². The van der Waals surface area contributed by atoms with Crippen LogP contribution in [0.15, 0.2) is 24.3 Å². The maximum absolute atomic E-state index is 9.98. The first-order valence-corrected chi connectivity index (χ1v) is 7.35. The third-order valence-corrected chi connectivity index (χ3v) is 3.94. The molecule has 0 amide bonds. The number of β-amino-alcohol motifs (C(OH)–C–C–N with tert-alkyl or cyclic N) is 1. The van der Waals surface area contributed by atoms with Crippen molar-refractivity contribution in [3.63, 3.8) is 0 Å². The highest BCUT2D eigenvalue weighted by Gasteiger charge is 2.27. The van der Waals surface area contributed by atoms with Gasteiger partial charge in [0.25, 0.3) is 0 Å². The fourth-order valence-electron chi connectivity index (χ4n) is 2.17. The predicted octanol–water partition coefficient (Wildman–Crippen LogP) is 2.24. The van der Waals surface area contributed by atoms with Gasteiger partial charge in [0.15, 0.2) is 0 Å². The third kappa shape index (κ3) is 4.63. The molecule has 0 spiro atoms. The molecule has 1 atom stereocenters. The molecular weight excluding hydrogens is 278 g/mol. The third-order valence-electron chi connectivity index (χ3n) is 3.63. The van der Waals surface area contributed by atoms with E-state index in [-0.39, 0.29) is 12.1 Å². The Labute approximate surface area is 125 Å². The summed E-state index contributed by atoms with van der Waals surface area (Å²) in [5.41, 5.74) is 0.0453. The quantitative estimate of drug-likeness (QED) is 0.846. The Kier molecular flexibility index (Phi) is 5.66. The Hall–Kier alpha value is -0.810. The second kappa shape index (κ2) is 7.27. The number of benzene rings is 1. The molecule has 5 heteroatoms. The molecule has 20 heavy (non-hydrogen) atoms. The zero-order valence-electron chi connectivity index (χ0n) is 11.8. The molecule has 2 rings (SSSR count). The molecule has 1 aliphatic heterocycles. The minimum Gasteiger partial charge on any atom is -0.489 e. The van der Waals surface area contributed by atoms with Crippen molar-refractivity contribution in [2.45, 2.75) is 31.4 Å². The molecule has 4 nitrogen and oxygen atoms in total. The first-order chi connectivity index (χ1) is 9.59. The zero-order chi connectivity index (χ0) is 14.4. The summed E-state index contributed by atoms with van der Waals surface area (Å²) in [6, 6.07) is 7.26. The van der Waals surface area contributed by atoms with Crippen molar-refractivity contribution in [2.75, 3.05) is 26.4 Å². The number of hydrogen-bond donors (Lipinski definition) is 2. The molecule has 1 aliphatic rings. The van der Waals surface area contributed by atoms with Crippen LogP contribution in [0.4, 0.5) is 0 Å². The lowest BCUT2D eigenvalue weighted by molar-refractivity contribution is 0.0342. The molecule has 1 aromatic carbocycles. The summed E-state index contributed by atoms with van der Waals surface area (Å²) in [7, 11) is 0. The molecule has 2 N–H and O–H groups in total. The van der Waals surface area contributed by atoms with Gasteiger partial charge in [-0.15, -0.1) is 0 Å². The number of aliphatic hydroxyl groups excluding tert-OH is 1. The zero-order valence-corrected chi connectivity index (χ0v) is 12.5. The normalized spacial score (nSPS) is 19.6. The molecule has 1 aromatic rings. The lowest BCUT2D eigenvalue weighted by atomic mass is 9.92. The smallest absolute Gasteiger partial charge is 0.138 e. The van der Waals surface area contributed by atoms with E-state index in [2.05, 4.69) is 12.2 Å². The molecule has 1 saturated heterocycles. The number of nitrogens with one attached hydrogen (secondary N) is 1. The Balaban J connectivity index is 1.73. The van der Waals surface area contributed by atoms with E-state index < -0.39 is 6.10 Å². The largest absolute Gasteiger partial charge is 0.489 e. The number of ether oxygens (including phenoxy) is 2. The minimum absolute atomic E-state index is 0.0453. The first-order valence-electron chi connectivity index (χ1n) is 6.97. The van der Waals surface area contributed by atoms with Gasteiger partial charge in [-0.25, -0.2) is 0 Å². The number of para-hydroxylation sites is 1. The van der Waals surface area contributed by atoms with Crippen LogP contribution >= 0.6 is 11.6 Å². The summed E-state index contributed by atoms with van der Waals surface area (Å²) in [6.45, 7) is 4.44. The Morgan fingerprint density at radius 2 is 2.10 bits per heavy atom. The maximum atomic E-state index is 9.98. The van der Waals surface area contributed by atoms with Crippen molar-refractivity contribution >= 4 is 11.6 Å². The minimum atomic E-state index is -0.564. The highest BCUT2D eigenvalue weighted by Crippen LogP contribution is 2.23. The molecule has 1 heterocycles. The van der Waals surface area contributed by atoms with Crippen molar-refractivity contribution in [1.82, 2.24) is 5.32 Å². The number of halogens is 1. The fourth-order valence-corrected chi connectivity index (χ4v) is 2.36. The molecular formula is C15H22ClNO3. The van der Waals surface area contributed by atoms with Crippen LogP contribution in [0.1, 0.15) is 19.8 Å². The van der Waals surface area contributed by atoms with Gasteiger partial charge in [0.2, 0.25) is 0 Å². The van der Waals surface area contributed by atoms with Crippen LogP contribution in [0.25, 0.3) is 0 Å². The van der Waals surface area contributed by atoms with Gasteiger partial charge in [0.1, 0.15) is 18.5 Å². The van der Waals surface area contributed by atoms with Crippen LogP contribution in [0.3, 0.4) is 0 Å². The van der Waals surface area contributed by atoms with E-state index in [0.717, 1.165) is 26.1 Å². The number of rotatable bonds is 6. The van der Waals surface area contributed by atoms with Gasteiger partial charge < -0.3 is 19.9 Å². The molecule has 1 unspecified atom stereocenters. The van der Waals surface area contributed by atoms with Crippen LogP contribution in [0, 0.1) is 0 Å². The number of hydrogen-bond acceptors (Lipinski definition) is 4. The fraction of sp³-hybridized carbons (Fsp3) is 0.600. The average molecular weight is 300 g/mol. The van der Waals surface area contributed by atoms with Gasteiger partial charge in [0, 0.05) is 25.3 Å². The van der Waals surface area contributed by atoms with E-state index in [4.69, 9.17) is 21.1 Å². The van der Waals surface area contributed by atoms with Crippen molar-refractivity contribution in [3.05, 3.63) is 29.3 Å². The van der Waals surface area contributed by atoms with E-state index in [1.54, 1.807) is 12.1 Å². The van der Waals surface area contributed by atoms with E-state index in [9.17, 15) is 5.11 Å². The topological polar surface area (TPSA) is 50.7 Å². The Morgan fingerprint density at radius 1 is 1.40 bits per heavy atom. The molecule has 0 aromatic heterocycles. The van der Waals surface area contributed by atoms with E-state index >= 15 is 0 Å². The van der Waals surface area contributed by atoms with Gasteiger partial charge in [-0.3, -0.25) is 0 Å². The standard InChI is InChI=1S/C15H22ClNO3/c1-15(6-8-19-9-7-15)17-10-12(18)11-20-14-5-3-2-4-13(14)16/h2-5,12,17-18H,6-11H2,1H3. The predicted molar refractivity (Wildman–Crippen MR) is 79.4 cm³/mol. The van der Waals surface area contributed by atoms with Crippen molar-refractivity contribution in [3.8, 4) is 5.75 Å². The maximum Gasteiger partial charge on any atom is 0.138 e. The molecule has 0 saturated carbocycles. The van der Waals surface area contributed by atoms with Crippen LogP contribution in [-0.4, -0.2) is 43.1 Å². The summed E-state index contributed by atoms with van der Waals surface area (Å²) in [5.74, 6) is 0.602. The highest BCUT2D eigenvalue weighted by atomic mass is 35.5. The summed E-state index contributed by atoms with van der Waals surface area (Å²) in [6.07, 6.45) is 1.36. The number of aliphatic hydroxyl groups is 1. The molecule has 112 valence electrons. The van der Waals surface area contributed by atoms with Crippen molar-refractivity contribution < 1.29 is 14.6 Å². The van der Waals surface area contributed by atoms with Crippen molar-refractivity contribution in [1.29, 1.82) is 0 Å².